The number of nitrogens with zero attached hydrogens (tertiary/aromatic N) is 1. The number of terminal acetylenes is 1. The Bertz CT molecular complexity index is 423. The highest BCUT2D eigenvalue weighted by atomic mass is 16.5. The first-order valence-electron chi connectivity index (χ1n) is 6.31. The molecule has 4 rings (SSSR count). The second-order valence-corrected chi connectivity index (χ2v) is 4.96. The van der Waals surface area contributed by atoms with Crippen molar-refractivity contribution < 1.29 is 4.74 Å². The van der Waals surface area contributed by atoms with Gasteiger partial charge in [-0.15, -0.1) is 6.42 Å². The van der Waals surface area contributed by atoms with Crippen LogP contribution < -0.4 is 4.74 Å². The molecule has 0 aliphatic carbocycles. The highest BCUT2D eigenvalue weighted by Crippen LogP contribution is 2.30. The summed E-state index contributed by atoms with van der Waals surface area (Å²) in [6.07, 6.45) is 8.28. The molecule has 2 heteroatoms. The largest absolute Gasteiger partial charge is 0.489 e. The second-order valence-electron chi connectivity index (χ2n) is 4.96. The summed E-state index contributed by atoms with van der Waals surface area (Å²) in [5.41, 5.74) is 0.909. The number of hydrogen-bond donors (Lipinski definition) is 0. The first kappa shape index (κ1) is 10.7. The molecule has 0 unspecified atom stereocenters. The fourth-order valence-electron chi connectivity index (χ4n) is 2.85. The van der Waals surface area contributed by atoms with Crippen LogP contribution in [0, 0.1) is 18.3 Å². The average Bonchev–Trinajstić information content (AvgIpc) is 2.41. The van der Waals surface area contributed by atoms with Gasteiger partial charge in [-0.05, 0) is 56.1 Å². The van der Waals surface area contributed by atoms with Crippen LogP contribution in [0.5, 0.6) is 5.75 Å². The zero-order valence-electron chi connectivity index (χ0n) is 9.93. The molecular formula is C15H17NO. The maximum atomic E-state index is 6.08. The normalized spacial score (nSPS) is 30.9. The fourth-order valence-corrected chi connectivity index (χ4v) is 2.85. The lowest BCUT2D eigenvalue weighted by Crippen LogP contribution is -2.52. The maximum absolute atomic E-state index is 6.08. The van der Waals surface area contributed by atoms with E-state index in [9.17, 15) is 0 Å². The number of piperidine rings is 3. The Balaban J connectivity index is 1.68. The SMILES string of the molecule is C#Cc1ccc(O[C@H]2CN3CCC2CC3)cc1. The minimum atomic E-state index is 0.370. The monoisotopic (exact) mass is 227 g/mol. The highest BCUT2D eigenvalue weighted by molar-refractivity contribution is 5.36. The third-order valence-electron chi connectivity index (χ3n) is 3.90. The summed E-state index contributed by atoms with van der Waals surface area (Å²) < 4.78 is 6.08. The number of ether oxygens (including phenoxy) is 1. The van der Waals surface area contributed by atoms with E-state index < -0.39 is 0 Å². The van der Waals surface area contributed by atoms with E-state index in [-0.39, 0.29) is 0 Å². The summed E-state index contributed by atoms with van der Waals surface area (Å²) in [6.45, 7) is 3.59. The van der Waals surface area contributed by atoms with E-state index in [1.54, 1.807) is 0 Å². The number of fused-ring (bicyclic) bond motifs is 3. The van der Waals surface area contributed by atoms with Crippen LogP contribution in [0.25, 0.3) is 0 Å². The molecule has 17 heavy (non-hydrogen) atoms. The quantitative estimate of drug-likeness (QED) is 0.718. The number of rotatable bonds is 2. The van der Waals surface area contributed by atoms with Gasteiger partial charge in [-0.2, -0.15) is 0 Å². The Morgan fingerprint density at radius 3 is 2.41 bits per heavy atom. The molecular weight excluding hydrogens is 210 g/mol. The van der Waals surface area contributed by atoms with Gasteiger partial charge in [0.25, 0.3) is 0 Å². The summed E-state index contributed by atoms with van der Waals surface area (Å²) >= 11 is 0. The van der Waals surface area contributed by atoms with Crippen molar-refractivity contribution in [2.24, 2.45) is 5.92 Å². The average molecular weight is 227 g/mol. The minimum absolute atomic E-state index is 0.370. The molecule has 0 N–H and O–H groups in total. The first-order chi connectivity index (χ1) is 8.35. The molecule has 0 radical (unpaired) electrons. The molecule has 1 aromatic carbocycles. The Labute approximate surface area is 103 Å². The smallest absolute Gasteiger partial charge is 0.119 e. The number of hydrogen-bond acceptors (Lipinski definition) is 2. The van der Waals surface area contributed by atoms with E-state index in [1.807, 2.05) is 24.3 Å². The predicted molar refractivity (Wildman–Crippen MR) is 68.0 cm³/mol. The summed E-state index contributed by atoms with van der Waals surface area (Å²) in [6, 6.07) is 7.84. The molecule has 1 aromatic rings. The number of benzene rings is 1. The van der Waals surface area contributed by atoms with Crippen molar-refractivity contribution in [3.8, 4) is 18.1 Å². The van der Waals surface area contributed by atoms with Gasteiger partial charge in [-0.25, -0.2) is 0 Å². The van der Waals surface area contributed by atoms with Crippen molar-refractivity contribution in [3.05, 3.63) is 29.8 Å². The third kappa shape index (κ3) is 2.16. The Morgan fingerprint density at radius 2 is 1.88 bits per heavy atom. The molecule has 0 amide bonds. The first-order valence-corrected chi connectivity index (χ1v) is 6.31. The van der Waals surface area contributed by atoms with Crippen molar-refractivity contribution in [2.75, 3.05) is 19.6 Å². The molecule has 3 heterocycles. The van der Waals surface area contributed by atoms with Gasteiger partial charge in [0.15, 0.2) is 0 Å². The van der Waals surface area contributed by atoms with E-state index in [1.165, 1.54) is 25.9 Å². The van der Waals surface area contributed by atoms with E-state index in [0.717, 1.165) is 23.8 Å². The van der Waals surface area contributed by atoms with Gasteiger partial charge < -0.3 is 4.74 Å². The van der Waals surface area contributed by atoms with Gasteiger partial charge >= 0.3 is 0 Å². The topological polar surface area (TPSA) is 12.5 Å². The van der Waals surface area contributed by atoms with Crippen molar-refractivity contribution in [3.63, 3.8) is 0 Å². The zero-order valence-corrected chi connectivity index (χ0v) is 9.93. The standard InChI is InChI=1S/C15H17NO/c1-2-12-3-5-14(6-4-12)17-15-11-16-9-7-13(15)8-10-16/h1,3-6,13,15H,7-11H2/t15-/m0/s1. The molecule has 0 aromatic heterocycles. The van der Waals surface area contributed by atoms with Gasteiger partial charge in [-0.1, -0.05) is 5.92 Å². The summed E-state index contributed by atoms with van der Waals surface area (Å²) in [7, 11) is 0. The van der Waals surface area contributed by atoms with Crippen LogP contribution in [-0.2, 0) is 0 Å². The highest BCUT2D eigenvalue weighted by Gasteiger charge is 2.35. The van der Waals surface area contributed by atoms with Crippen molar-refractivity contribution >= 4 is 0 Å². The van der Waals surface area contributed by atoms with Crippen LogP contribution >= 0.6 is 0 Å². The summed E-state index contributed by atoms with van der Waals surface area (Å²) in [4.78, 5) is 2.50. The van der Waals surface area contributed by atoms with E-state index in [2.05, 4.69) is 10.8 Å². The Kier molecular flexibility index (Phi) is 2.78. The molecule has 0 spiro atoms. The molecule has 3 aliphatic rings. The van der Waals surface area contributed by atoms with Gasteiger partial charge in [0.2, 0.25) is 0 Å². The predicted octanol–water partition coefficient (Wildman–Crippen LogP) is 2.14. The van der Waals surface area contributed by atoms with Crippen molar-refractivity contribution in [1.29, 1.82) is 0 Å². The summed E-state index contributed by atoms with van der Waals surface area (Å²) in [5, 5.41) is 0. The van der Waals surface area contributed by atoms with Gasteiger partial charge in [-0.3, -0.25) is 4.90 Å². The zero-order chi connectivity index (χ0) is 11.7. The van der Waals surface area contributed by atoms with E-state index in [4.69, 9.17) is 11.2 Å². The maximum Gasteiger partial charge on any atom is 0.119 e. The van der Waals surface area contributed by atoms with Gasteiger partial charge in [0.05, 0.1) is 0 Å². The second kappa shape index (κ2) is 4.43. The molecule has 3 aliphatic heterocycles. The van der Waals surface area contributed by atoms with E-state index in [0.29, 0.717) is 6.10 Å². The van der Waals surface area contributed by atoms with Crippen LogP contribution in [0.1, 0.15) is 18.4 Å². The molecule has 88 valence electrons. The van der Waals surface area contributed by atoms with Crippen molar-refractivity contribution in [2.45, 2.75) is 18.9 Å². The fraction of sp³-hybridized carbons (Fsp3) is 0.467. The lowest BCUT2D eigenvalue weighted by Gasteiger charge is -2.44. The molecule has 1 atom stereocenters. The molecule has 2 nitrogen and oxygen atoms in total. The van der Waals surface area contributed by atoms with Crippen LogP contribution in [-0.4, -0.2) is 30.6 Å². The van der Waals surface area contributed by atoms with Crippen LogP contribution in [0.2, 0.25) is 0 Å². The van der Waals surface area contributed by atoms with Gasteiger partial charge in [0, 0.05) is 12.1 Å². The van der Waals surface area contributed by atoms with Crippen LogP contribution in [0.15, 0.2) is 24.3 Å². The van der Waals surface area contributed by atoms with Gasteiger partial charge in [0.1, 0.15) is 11.9 Å². The Hall–Kier alpha value is -1.46. The molecule has 0 saturated carbocycles. The lowest BCUT2D eigenvalue weighted by atomic mass is 9.86. The van der Waals surface area contributed by atoms with E-state index >= 15 is 0 Å². The Morgan fingerprint density at radius 1 is 1.18 bits per heavy atom. The minimum Gasteiger partial charge on any atom is -0.489 e. The molecule has 3 fully saturated rings. The summed E-state index contributed by atoms with van der Waals surface area (Å²) in [5.74, 6) is 4.31. The van der Waals surface area contributed by atoms with Crippen LogP contribution in [0.4, 0.5) is 0 Å². The van der Waals surface area contributed by atoms with Crippen LogP contribution in [0.3, 0.4) is 0 Å². The molecule has 3 saturated heterocycles. The lowest BCUT2D eigenvalue weighted by molar-refractivity contribution is -0.00775. The third-order valence-corrected chi connectivity index (χ3v) is 3.90. The molecule has 2 bridgehead atoms. The van der Waals surface area contributed by atoms with Crippen molar-refractivity contribution in [1.82, 2.24) is 4.90 Å².